The predicted octanol–water partition coefficient (Wildman–Crippen LogP) is 3.67. The van der Waals surface area contributed by atoms with Gasteiger partial charge in [-0.1, -0.05) is 52.0 Å². The average molecular weight is 364 g/mol. The van der Waals surface area contributed by atoms with E-state index >= 15 is 0 Å². The first-order valence-corrected chi connectivity index (χ1v) is 11.5. The quantitative estimate of drug-likeness (QED) is 0.774. The summed E-state index contributed by atoms with van der Waals surface area (Å²) in [6.45, 7) is 12.3. The van der Waals surface area contributed by atoms with E-state index in [1.165, 1.54) is 11.1 Å². The van der Waals surface area contributed by atoms with Gasteiger partial charge in [-0.2, -0.15) is 0 Å². The first-order chi connectivity index (χ1) is 11.6. The van der Waals surface area contributed by atoms with Crippen LogP contribution in [-0.2, 0) is 21.7 Å². The van der Waals surface area contributed by atoms with Gasteiger partial charge in [0.25, 0.3) is 0 Å². The molecule has 0 unspecified atom stereocenters. The molecule has 0 saturated carbocycles. The van der Waals surface area contributed by atoms with Gasteiger partial charge in [0.2, 0.25) is 0 Å². The van der Waals surface area contributed by atoms with Crippen molar-refractivity contribution in [2.24, 2.45) is 11.3 Å². The summed E-state index contributed by atoms with van der Waals surface area (Å²) in [7, 11) is -2.72. The third-order valence-corrected chi connectivity index (χ3v) is 8.45. The monoisotopic (exact) mass is 363 g/mol. The zero-order valence-corrected chi connectivity index (χ0v) is 17.0. The number of sulfone groups is 1. The fourth-order valence-electron chi connectivity index (χ4n) is 4.51. The molecule has 140 valence electrons. The molecule has 0 aliphatic carbocycles. The van der Waals surface area contributed by atoms with E-state index in [0.717, 1.165) is 38.9 Å². The minimum absolute atomic E-state index is 0.0892. The van der Waals surface area contributed by atoms with Gasteiger partial charge in [0, 0.05) is 18.5 Å². The lowest BCUT2D eigenvalue weighted by molar-refractivity contribution is 0.249. The molecule has 2 saturated heterocycles. The van der Waals surface area contributed by atoms with Crippen molar-refractivity contribution in [3.8, 4) is 0 Å². The third kappa shape index (κ3) is 4.28. The van der Waals surface area contributed by atoms with Crippen LogP contribution in [-0.4, -0.2) is 44.5 Å². The predicted molar refractivity (Wildman–Crippen MR) is 105 cm³/mol. The fourth-order valence-corrected chi connectivity index (χ4v) is 6.77. The van der Waals surface area contributed by atoms with E-state index in [1.54, 1.807) is 0 Å². The number of rotatable bonds is 6. The van der Waals surface area contributed by atoms with Crippen LogP contribution in [0.2, 0.25) is 0 Å². The van der Waals surface area contributed by atoms with Gasteiger partial charge < -0.3 is 4.90 Å². The van der Waals surface area contributed by atoms with Crippen molar-refractivity contribution >= 4 is 9.84 Å². The van der Waals surface area contributed by atoms with Crippen LogP contribution in [0.4, 0.5) is 0 Å². The van der Waals surface area contributed by atoms with Crippen LogP contribution < -0.4 is 0 Å². The summed E-state index contributed by atoms with van der Waals surface area (Å²) in [5.74, 6) is 1.43. The topological polar surface area (TPSA) is 37.4 Å². The molecule has 2 fully saturated rings. The van der Waals surface area contributed by atoms with Crippen molar-refractivity contribution in [3.05, 3.63) is 35.4 Å². The van der Waals surface area contributed by atoms with E-state index < -0.39 is 9.84 Å². The van der Waals surface area contributed by atoms with Crippen LogP contribution in [0.25, 0.3) is 0 Å². The summed E-state index contributed by atoms with van der Waals surface area (Å²) in [5.41, 5.74) is 3.16. The third-order valence-electron chi connectivity index (χ3n) is 6.34. The minimum Gasteiger partial charge on any atom is -0.302 e. The van der Waals surface area contributed by atoms with Crippen molar-refractivity contribution in [3.63, 3.8) is 0 Å². The van der Waals surface area contributed by atoms with Gasteiger partial charge in [-0.3, -0.25) is 0 Å². The molecular weight excluding hydrogens is 330 g/mol. The fraction of sp³-hybridized carbons (Fsp3) is 0.714. The first kappa shape index (κ1) is 18.9. The Bertz CT molecular complexity index is 694. The molecule has 2 aliphatic rings. The van der Waals surface area contributed by atoms with Crippen LogP contribution >= 0.6 is 0 Å². The molecule has 3 nitrogen and oxygen atoms in total. The van der Waals surface area contributed by atoms with Gasteiger partial charge in [0.1, 0.15) is 0 Å². The van der Waals surface area contributed by atoms with Crippen molar-refractivity contribution in [2.75, 3.05) is 31.1 Å². The summed E-state index contributed by atoms with van der Waals surface area (Å²) in [6, 6.07) is 9.14. The highest BCUT2D eigenvalue weighted by Crippen LogP contribution is 2.41. The summed E-state index contributed by atoms with van der Waals surface area (Å²) in [4.78, 5) is 2.48. The van der Waals surface area contributed by atoms with Gasteiger partial charge in [0.05, 0.1) is 11.5 Å². The Balaban J connectivity index is 1.51. The molecule has 4 heteroatoms. The van der Waals surface area contributed by atoms with Crippen LogP contribution in [0.15, 0.2) is 24.3 Å². The van der Waals surface area contributed by atoms with Gasteiger partial charge in [0.15, 0.2) is 9.84 Å². The Hall–Kier alpha value is -0.870. The normalized spacial score (nSPS) is 23.5. The molecule has 1 aromatic carbocycles. The summed E-state index contributed by atoms with van der Waals surface area (Å²) >= 11 is 0. The Kier molecular flexibility index (Phi) is 5.06. The lowest BCUT2D eigenvalue weighted by Crippen LogP contribution is -2.50. The molecular formula is C21H33NO2S. The maximum atomic E-state index is 11.5. The second-order valence-electron chi connectivity index (χ2n) is 9.26. The zero-order valence-electron chi connectivity index (χ0n) is 16.2. The maximum Gasteiger partial charge on any atom is 0.151 e. The van der Waals surface area contributed by atoms with Gasteiger partial charge in [-0.25, -0.2) is 8.42 Å². The van der Waals surface area contributed by atoms with Crippen molar-refractivity contribution in [2.45, 2.75) is 52.4 Å². The standard InChI is InChI=1S/C21H33NO2S/c1-5-20(3,4)19-8-6-18(7-9-19)12-17(2)13-22-11-10-21(14-22)15-25(23,24)16-21/h6-9,17H,5,10-16H2,1-4H3/t17-/m0/s1. The van der Waals surface area contributed by atoms with Gasteiger partial charge >= 0.3 is 0 Å². The van der Waals surface area contributed by atoms with E-state index in [9.17, 15) is 8.42 Å². The Morgan fingerprint density at radius 2 is 1.84 bits per heavy atom. The highest BCUT2D eigenvalue weighted by atomic mass is 32.2. The molecule has 2 aliphatic heterocycles. The molecule has 0 aromatic heterocycles. The molecule has 3 rings (SSSR count). The Labute approximate surface area is 153 Å². The number of likely N-dealkylation sites (tertiary alicyclic amines) is 1. The van der Waals surface area contributed by atoms with E-state index in [4.69, 9.17) is 0 Å². The highest BCUT2D eigenvalue weighted by Gasteiger charge is 2.51. The van der Waals surface area contributed by atoms with Gasteiger partial charge in [-0.05, 0) is 48.3 Å². The van der Waals surface area contributed by atoms with Crippen LogP contribution in [0, 0.1) is 11.3 Å². The highest BCUT2D eigenvalue weighted by molar-refractivity contribution is 7.92. The molecule has 0 N–H and O–H groups in total. The molecule has 0 radical (unpaired) electrons. The van der Waals surface area contributed by atoms with Gasteiger partial charge in [-0.15, -0.1) is 0 Å². The molecule has 0 amide bonds. The lowest BCUT2D eigenvalue weighted by atomic mass is 9.82. The van der Waals surface area contributed by atoms with Crippen molar-refractivity contribution in [1.82, 2.24) is 4.90 Å². The SMILES string of the molecule is CCC(C)(C)c1ccc(C[C@H](C)CN2CCC3(C2)CS(=O)(=O)C3)cc1. The van der Waals surface area contributed by atoms with Crippen LogP contribution in [0.3, 0.4) is 0 Å². The number of hydrogen-bond acceptors (Lipinski definition) is 3. The van der Waals surface area contributed by atoms with Crippen molar-refractivity contribution < 1.29 is 8.42 Å². The van der Waals surface area contributed by atoms with E-state index in [2.05, 4.69) is 56.9 Å². The first-order valence-electron chi connectivity index (χ1n) is 9.65. The smallest absolute Gasteiger partial charge is 0.151 e. The van der Waals surface area contributed by atoms with Crippen LogP contribution in [0.5, 0.6) is 0 Å². The molecule has 1 aromatic rings. The summed E-state index contributed by atoms with van der Waals surface area (Å²) in [6.07, 6.45) is 3.30. The molecule has 25 heavy (non-hydrogen) atoms. The Morgan fingerprint density at radius 3 is 2.40 bits per heavy atom. The average Bonchev–Trinajstić information content (AvgIpc) is 2.89. The van der Waals surface area contributed by atoms with Crippen molar-refractivity contribution in [1.29, 1.82) is 0 Å². The molecule has 1 atom stereocenters. The molecule has 0 bridgehead atoms. The van der Waals surface area contributed by atoms with E-state index in [0.29, 0.717) is 17.4 Å². The number of hydrogen-bond donors (Lipinski definition) is 0. The second kappa shape index (κ2) is 6.70. The van der Waals surface area contributed by atoms with Crippen LogP contribution in [0.1, 0.15) is 51.7 Å². The minimum atomic E-state index is -2.72. The van der Waals surface area contributed by atoms with E-state index in [-0.39, 0.29) is 10.8 Å². The number of nitrogens with zero attached hydrogens (tertiary/aromatic N) is 1. The number of benzene rings is 1. The van der Waals surface area contributed by atoms with E-state index in [1.807, 2.05) is 0 Å². The maximum absolute atomic E-state index is 11.5. The summed E-state index contributed by atoms with van der Waals surface area (Å²) < 4.78 is 23.0. The molecule has 2 heterocycles. The lowest BCUT2D eigenvalue weighted by Gasteiger charge is -2.37. The largest absolute Gasteiger partial charge is 0.302 e. The second-order valence-corrected chi connectivity index (χ2v) is 11.3. The Morgan fingerprint density at radius 1 is 1.20 bits per heavy atom. The zero-order chi connectivity index (χ0) is 18.3. The molecule has 1 spiro atoms. The summed E-state index contributed by atoms with van der Waals surface area (Å²) in [5, 5.41) is 0.